The summed E-state index contributed by atoms with van der Waals surface area (Å²) in [6.07, 6.45) is 8.84. The number of carboxylic acid groups (broad SMARTS) is 1. The Labute approximate surface area is 426 Å². The molecule has 2 aliphatic heterocycles. The van der Waals surface area contributed by atoms with Gasteiger partial charge in [0.1, 0.15) is 30.2 Å². The number of nitrogens with one attached hydrogen (secondary N) is 4. The number of rotatable bonds is 30. The van der Waals surface area contributed by atoms with Crippen LogP contribution in [0.4, 0.5) is 0 Å². The van der Waals surface area contributed by atoms with Crippen LogP contribution < -0.4 is 61.4 Å². The third kappa shape index (κ3) is 19.0. The highest BCUT2D eigenvalue weighted by molar-refractivity contribution is 5.96. The predicted molar refractivity (Wildman–Crippen MR) is 274 cm³/mol. The predicted octanol–water partition coefficient (Wildman–Crippen LogP) is -2.42. The van der Waals surface area contributed by atoms with Gasteiger partial charge >= 0.3 is 5.97 Å². The van der Waals surface area contributed by atoms with Crippen molar-refractivity contribution >= 4 is 59.3 Å². The molecule has 0 radical (unpaired) electrons. The van der Waals surface area contributed by atoms with Crippen LogP contribution in [-0.4, -0.2) is 154 Å². The average molecular weight is 1030 g/mol. The highest BCUT2D eigenvalue weighted by Crippen LogP contribution is 2.41. The second-order valence-corrected chi connectivity index (χ2v) is 19.1. The normalized spacial score (nSPS) is 19.6. The number of carbonyl (C=O) groups is 7. The van der Waals surface area contributed by atoms with Crippen LogP contribution in [-0.2, 0) is 46.5 Å². The maximum absolute atomic E-state index is 15.0. The number of aliphatic carboxylic acids is 1. The summed E-state index contributed by atoms with van der Waals surface area (Å²) in [5, 5.41) is 31.4. The molecule has 6 amide bonds. The summed E-state index contributed by atoms with van der Waals surface area (Å²) in [5.74, 6) is -4.49. The molecule has 8 unspecified atom stereocenters. The Bertz CT molecular complexity index is 2110. The van der Waals surface area contributed by atoms with E-state index in [0.29, 0.717) is 70.9 Å². The van der Waals surface area contributed by atoms with E-state index in [4.69, 9.17) is 40.1 Å². The molecule has 2 heterocycles. The van der Waals surface area contributed by atoms with E-state index < -0.39 is 78.4 Å². The molecule has 1 aromatic rings. The molecular formula is C48H80N16O9. The number of aliphatic hydroxyl groups excluding tert-OH is 1. The van der Waals surface area contributed by atoms with Crippen molar-refractivity contribution in [2.24, 2.45) is 61.0 Å². The molecule has 0 bridgehead atoms. The summed E-state index contributed by atoms with van der Waals surface area (Å²) in [4.78, 5) is 110. The molecule has 0 aromatic heterocycles. The number of likely N-dealkylation sites (tertiary alicyclic amines) is 1. The fraction of sp³-hybridized carbons (Fsp3) is 0.667. The molecule has 0 spiro atoms. The van der Waals surface area contributed by atoms with E-state index in [1.165, 1.54) is 4.90 Å². The summed E-state index contributed by atoms with van der Waals surface area (Å²) < 4.78 is 0. The van der Waals surface area contributed by atoms with Crippen LogP contribution in [0.2, 0.25) is 0 Å². The maximum atomic E-state index is 15.0. The van der Waals surface area contributed by atoms with Crippen molar-refractivity contribution < 1.29 is 43.8 Å². The second kappa shape index (κ2) is 30.3. The number of hydrogen-bond donors (Lipinski definition) is 13. The maximum Gasteiger partial charge on any atom is 0.326 e. The SMILES string of the molecule is NC(N)=NCCCC(N)C(=O)NC(CCCN=C(N)N)C(=O)NCCCCCCCC(=O)NC(CO)C(=O)N1Cc2ccccc2CC1C(=O)N1C(C(=O)NC(CCCN=C(N)N)C(=O)O)CC2CCCCC21. The van der Waals surface area contributed by atoms with Crippen molar-refractivity contribution in [3.8, 4) is 0 Å². The lowest BCUT2D eigenvalue weighted by Crippen LogP contribution is -2.62. The zero-order valence-electron chi connectivity index (χ0n) is 41.9. The van der Waals surface area contributed by atoms with Crippen molar-refractivity contribution in [3.05, 3.63) is 35.4 Å². The molecule has 73 heavy (non-hydrogen) atoms. The molecule has 406 valence electrons. The van der Waals surface area contributed by atoms with Gasteiger partial charge in [-0.1, -0.05) is 56.4 Å². The molecule has 8 atom stereocenters. The van der Waals surface area contributed by atoms with Crippen molar-refractivity contribution in [2.45, 2.75) is 164 Å². The minimum Gasteiger partial charge on any atom is -0.480 e. The molecule has 2 fully saturated rings. The number of nitrogens with two attached hydrogens (primary N) is 7. The van der Waals surface area contributed by atoms with Crippen LogP contribution in [0.5, 0.6) is 0 Å². The summed E-state index contributed by atoms with van der Waals surface area (Å²) in [7, 11) is 0. The van der Waals surface area contributed by atoms with E-state index in [1.54, 1.807) is 4.90 Å². The van der Waals surface area contributed by atoms with Gasteiger partial charge in [-0.05, 0) is 87.7 Å². The molecule has 1 aromatic carbocycles. The summed E-state index contributed by atoms with van der Waals surface area (Å²) in [5.41, 5.74) is 40.1. The van der Waals surface area contributed by atoms with E-state index in [1.807, 2.05) is 24.3 Å². The number of carboxylic acids is 1. The zero-order chi connectivity index (χ0) is 53.5. The van der Waals surface area contributed by atoms with Gasteiger partial charge in [0.25, 0.3) is 0 Å². The average Bonchev–Trinajstić information content (AvgIpc) is 3.75. The Morgan fingerprint density at radius 2 is 1.26 bits per heavy atom. The van der Waals surface area contributed by atoms with Gasteiger partial charge in [0, 0.05) is 51.6 Å². The molecule has 20 N–H and O–H groups in total. The summed E-state index contributed by atoms with van der Waals surface area (Å²) in [6.45, 7) is 0.406. The van der Waals surface area contributed by atoms with Crippen molar-refractivity contribution in [1.82, 2.24) is 31.1 Å². The van der Waals surface area contributed by atoms with Crippen LogP contribution in [0.25, 0.3) is 0 Å². The van der Waals surface area contributed by atoms with Crippen LogP contribution in [0, 0.1) is 5.92 Å². The van der Waals surface area contributed by atoms with Gasteiger partial charge in [-0.25, -0.2) is 4.79 Å². The Morgan fingerprint density at radius 3 is 1.89 bits per heavy atom. The summed E-state index contributed by atoms with van der Waals surface area (Å²) in [6, 6.07) is 0.740. The van der Waals surface area contributed by atoms with Gasteiger partial charge < -0.3 is 81.4 Å². The van der Waals surface area contributed by atoms with Gasteiger partial charge in [-0.15, -0.1) is 0 Å². The molecular weight excluding hydrogens is 945 g/mol. The van der Waals surface area contributed by atoms with E-state index in [2.05, 4.69) is 36.2 Å². The minimum absolute atomic E-state index is 0.00736. The molecule has 1 saturated heterocycles. The standard InChI is InChI=1S/C48H80N16O9/c49-32(16-10-22-57-46(50)51)40(67)61-33(17-11-23-58-47(52)53)41(68)56-21-9-3-1-2-4-20-39(66)60-35(28-65)43(70)63-27-31-15-6-5-13-29(31)25-38(63)44(71)64-36-19-8-7-14-30(36)26-37(64)42(69)62-34(45(72)73)18-12-24-59-48(54)55/h5-6,13,15,30,32-38,65H,1-4,7-12,14,16-28,49H2,(H,56,68)(H,60,66)(H,61,67)(H,62,69)(H,72,73)(H4,50,51,57)(H4,52,53,58)(H4,54,55,59). The van der Waals surface area contributed by atoms with Gasteiger partial charge in [0.05, 0.1) is 12.6 Å². The van der Waals surface area contributed by atoms with Crippen LogP contribution in [0.1, 0.15) is 120 Å². The fourth-order valence-corrected chi connectivity index (χ4v) is 9.82. The number of nitrogens with zero attached hydrogens (tertiary/aromatic N) is 5. The van der Waals surface area contributed by atoms with Gasteiger partial charge in [0.15, 0.2) is 17.9 Å². The first kappa shape index (κ1) is 58.8. The largest absolute Gasteiger partial charge is 0.480 e. The highest BCUT2D eigenvalue weighted by Gasteiger charge is 2.51. The minimum atomic E-state index is -1.35. The number of unbranched alkanes of at least 4 members (excludes halogenated alkanes) is 4. The Hall–Kier alpha value is -6.76. The number of hydrogen-bond acceptors (Lipinski definition) is 12. The topological polar surface area (TPSA) is 434 Å². The van der Waals surface area contributed by atoms with Crippen molar-refractivity contribution in [2.75, 3.05) is 32.8 Å². The molecule has 1 aliphatic carbocycles. The third-order valence-corrected chi connectivity index (χ3v) is 13.6. The Morgan fingerprint density at radius 1 is 0.671 bits per heavy atom. The van der Waals surface area contributed by atoms with E-state index in [-0.39, 0.29) is 81.1 Å². The van der Waals surface area contributed by atoms with Crippen LogP contribution in [0.15, 0.2) is 39.2 Å². The van der Waals surface area contributed by atoms with Crippen molar-refractivity contribution in [3.63, 3.8) is 0 Å². The number of fused-ring (bicyclic) bond motifs is 2. The third-order valence-electron chi connectivity index (χ3n) is 13.6. The lowest BCUT2D eigenvalue weighted by molar-refractivity contribution is -0.153. The van der Waals surface area contributed by atoms with E-state index >= 15 is 4.79 Å². The molecule has 3 aliphatic rings. The van der Waals surface area contributed by atoms with Gasteiger partial charge in [-0.2, -0.15) is 0 Å². The Balaban J connectivity index is 1.31. The number of aliphatic imine (C=N–C) groups is 3. The number of aliphatic hydroxyl groups is 1. The number of benzene rings is 1. The monoisotopic (exact) mass is 1020 g/mol. The lowest BCUT2D eigenvalue weighted by atomic mass is 9.84. The first-order valence-corrected chi connectivity index (χ1v) is 25.5. The Kier molecular flexibility index (Phi) is 24.4. The lowest BCUT2D eigenvalue weighted by Gasteiger charge is -2.42. The molecule has 1 saturated carbocycles. The van der Waals surface area contributed by atoms with Crippen molar-refractivity contribution in [1.29, 1.82) is 0 Å². The molecule has 4 rings (SSSR count). The zero-order valence-corrected chi connectivity index (χ0v) is 41.9. The molecule has 25 nitrogen and oxygen atoms in total. The smallest absolute Gasteiger partial charge is 0.326 e. The molecule has 25 heteroatoms. The number of carbonyl (C=O) groups excluding carboxylic acids is 6. The van der Waals surface area contributed by atoms with Gasteiger partial charge in [-0.3, -0.25) is 43.7 Å². The first-order chi connectivity index (χ1) is 34.9. The van der Waals surface area contributed by atoms with Crippen LogP contribution >= 0.6 is 0 Å². The van der Waals surface area contributed by atoms with Crippen LogP contribution in [0.3, 0.4) is 0 Å². The number of amides is 6. The quantitative estimate of drug-likeness (QED) is 0.0217. The summed E-state index contributed by atoms with van der Waals surface area (Å²) >= 11 is 0. The highest BCUT2D eigenvalue weighted by atomic mass is 16.4. The number of guanidine groups is 3. The fourth-order valence-electron chi connectivity index (χ4n) is 9.82. The van der Waals surface area contributed by atoms with Gasteiger partial charge in [0.2, 0.25) is 35.4 Å². The van der Waals surface area contributed by atoms with E-state index in [0.717, 1.165) is 43.2 Å². The first-order valence-electron chi connectivity index (χ1n) is 25.5. The van der Waals surface area contributed by atoms with E-state index in [9.17, 15) is 39.0 Å². The second-order valence-electron chi connectivity index (χ2n) is 19.1.